The number of esters is 1. The molecule has 1 saturated heterocycles. The van der Waals surface area contributed by atoms with Gasteiger partial charge in [-0.05, 0) is 40.5 Å². The van der Waals surface area contributed by atoms with Gasteiger partial charge in [0.1, 0.15) is 6.61 Å². The lowest BCUT2D eigenvalue weighted by atomic mass is 10.0. The molecule has 220 valence electrons. The van der Waals surface area contributed by atoms with Crippen LogP contribution < -0.4 is 5.32 Å². The Bertz CT molecular complexity index is 700. The van der Waals surface area contributed by atoms with Crippen LogP contribution in [0.15, 0.2) is 0 Å². The fraction of sp³-hybridized carbons (Fsp3) is 0.880. The maximum Gasteiger partial charge on any atom is 0.302 e. The quantitative estimate of drug-likeness (QED) is 0.133. The standard InChI is InChI=1S/C25H46N3O9P/c1-19(2)28(20(3)4)38(35-11-7-10-26)36-17-15-32-13-12-31-14-16-33-25-24(27-21(5)29)9-8-23(37-25)18-34-22(6)30/h19-20,23-25H,7-9,11-18H2,1-6H3,(H,27,29)/t23-,24-,25-,38?/m1/s1. The van der Waals surface area contributed by atoms with Gasteiger partial charge in [0.25, 0.3) is 8.53 Å². The Kier molecular flexibility index (Phi) is 18.7. The van der Waals surface area contributed by atoms with Crippen molar-refractivity contribution in [2.75, 3.05) is 52.9 Å². The van der Waals surface area contributed by atoms with E-state index < -0.39 is 14.8 Å². The Labute approximate surface area is 228 Å². The predicted molar refractivity (Wildman–Crippen MR) is 141 cm³/mol. The summed E-state index contributed by atoms with van der Waals surface area (Å²) >= 11 is 0. The first-order chi connectivity index (χ1) is 18.1. The minimum Gasteiger partial charge on any atom is -0.463 e. The van der Waals surface area contributed by atoms with E-state index in [1.807, 2.05) is 0 Å². The van der Waals surface area contributed by atoms with Crippen LogP contribution in [0.25, 0.3) is 0 Å². The van der Waals surface area contributed by atoms with Crippen molar-refractivity contribution in [3.63, 3.8) is 0 Å². The first-order valence-electron chi connectivity index (χ1n) is 13.2. The van der Waals surface area contributed by atoms with Crippen molar-refractivity contribution < 1.29 is 42.3 Å². The first kappa shape index (κ1) is 34.6. The van der Waals surface area contributed by atoms with Crippen molar-refractivity contribution >= 4 is 20.4 Å². The number of nitrogens with one attached hydrogen (secondary N) is 1. The van der Waals surface area contributed by atoms with Gasteiger partial charge in [-0.3, -0.25) is 9.59 Å². The summed E-state index contributed by atoms with van der Waals surface area (Å²) in [7, 11) is -1.28. The molecule has 0 aromatic heterocycles. The Morgan fingerprint density at radius 3 is 2.16 bits per heavy atom. The van der Waals surface area contributed by atoms with E-state index in [-0.39, 0.29) is 49.3 Å². The van der Waals surface area contributed by atoms with Crippen LogP contribution in [0.3, 0.4) is 0 Å². The Morgan fingerprint density at radius 2 is 1.58 bits per heavy atom. The molecule has 1 fully saturated rings. The van der Waals surface area contributed by atoms with Crippen LogP contribution in [0.1, 0.15) is 60.8 Å². The molecule has 12 nitrogen and oxygen atoms in total. The number of carbonyl (C=O) groups is 2. The van der Waals surface area contributed by atoms with Crippen LogP contribution in [-0.2, 0) is 42.3 Å². The van der Waals surface area contributed by atoms with Gasteiger partial charge in [-0.15, -0.1) is 0 Å². The predicted octanol–water partition coefficient (Wildman–Crippen LogP) is 2.90. The average Bonchev–Trinajstić information content (AvgIpc) is 2.84. The summed E-state index contributed by atoms with van der Waals surface area (Å²) in [5.74, 6) is -0.527. The monoisotopic (exact) mass is 563 g/mol. The Morgan fingerprint density at radius 1 is 0.974 bits per heavy atom. The third-order valence-electron chi connectivity index (χ3n) is 5.29. The summed E-state index contributed by atoms with van der Waals surface area (Å²) in [5.41, 5.74) is 0. The highest BCUT2D eigenvalue weighted by Crippen LogP contribution is 2.45. The smallest absolute Gasteiger partial charge is 0.302 e. The molecule has 1 unspecified atom stereocenters. The van der Waals surface area contributed by atoms with Gasteiger partial charge in [-0.2, -0.15) is 5.26 Å². The molecule has 0 aliphatic carbocycles. The van der Waals surface area contributed by atoms with E-state index in [1.54, 1.807) is 0 Å². The minimum atomic E-state index is -1.28. The van der Waals surface area contributed by atoms with E-state index in [4.69, 9.17) is 38.0 Å². The summed E-state index contributed by atoms with van der Waals surface area (Å²) in [5, 5.41) is 11.6. The van der Waals surface area contributed by atoms with Crippen LogP contribution in [0, 0.1) is 11.3 Å². The summed E-state index contributed by atoms with van der Waals surface area (Å²) in [6.45, 7) is 13.8. The summed E-state index contributed by atoms with van der Waals surface area (Å²) in [4.78, 5) is 22.6. The lowest BCUT2D eigenvalue weighted by Gasteiger charge is -2.36. The highest BCUT2D eigenvalue weighted by molar-refractivity contribution is 7.44. The molecule has 4 atom stereocenters. The maximum absolute atomic E-state index is 11.5. The molecule has 1 amide bonds. The normalized spacial score (nSPS) is 20.5. The van der Waals surface area contributed by atoms with Crippen molar-refractivity contribution in [2.24, 2.45) is 0 Å². The van der Waals surface area contributed by atoms with Crippen molar-refractivity contribution in [2.45, 2.75) is 91.3 Å². The van der Waals surface area contributed by atoms with E-state index in [0.29, 0.717) is 58.9 Å². The second kappa shape index (κ2) is 20.5. The summed E-state index contributed by atoms with van der Waals surface area (Å²) < 4.78 is 41.9. The van der Waals surface area contributed by atoms with Crippen LogP contribution in [-0.4, -0.2) is 99.9 Å². The second-order valence-corrected chi connectivity index (χ2v) is 10.7. The molecular weight excluding hydrogens is 517 g/mol. The lowest BCUT2D eigenvalue weighted by molar-refractivity contribution is -0.221. The fourth-order valence-corrected chi connectivity index (χ4v) is 5.35. The van der Waals surface area contributed by atoms with Gasteiger partial charge in [0.2, 0.25) is 5.91 Å². The Balaban J connectivity index is 2.27. The summed E-state index contributed by atoms with van der Waals surface area (Å²) in [6, 6.07) is 2.30. The Hall–Kier alpha value is -1.42. The number of hydrogen-bond donors (Lipinski definition) is 1. The van der Waals surface area contributed by atoms with Crippen LogP contribution in [0.5, 0.6) is 0 Å². The van der Waals surface area contributed by atoms with Gasteiger partial charge in [0.05, 0.1) is 70.9 Å². The van der Waals surface area contributed by atoms with Crippen LogP contribution in [0.2, 0.25) is 0 Å². The van der Waals surface area contributed by atoms with Crippen LogP contribution >= 0.6 is 8.53 Å². The van der Waals surface area contributed by atoms with Crippen LogP contribution in [0.4, 0.5) is 0 Å². The maximum atomic E-state index is 11.5. The van der Waals surface area contributed by atoms with Crippen molar-refractivity contribution in [3.05, 3.63) is 0 Å². The number of rotatable bonds is 20. The number of carbonyl (C=O) groups excluding carboxylic acids is 2. The molecule has 1 aliphatic heterocycles. The van der Waals surface area contributed by atoms with Gasteiger partial charge in [-0.25, -0.2) is 4.67 Å². The molecule has 1 heterocycles. The van der Waals surface area contributed by atoms with E-state index in [0.717, 1.165) is 0 Å². The highest BCUT2D eigenvalue weighted by Gasteiger charge is 2.33. The van der Waals surface area contributed by atoms with E-state index in [1.165, 1.54) is 13.8 Å². The van der Waals surface area contributed by atoms with Gasteiger partial charge < -0.3 is 38.0 Å². The number of hydrogen-bond acceptors (Lipinski definition) is 11. The zero-order valence-corrected chi connectivity index (χ0v) is 24.6. The molecule has 0 aromatic carbocycles. The van der Waals surface area contributed by atoms with Gasteiger partial charge in [-0.1, -0.05) is 0 Å². The van der Waals surface area contributed by atoms with Gasteiger partial charge in [0.15, 0.2) is 6.29 Å². The topological polar surface area (TPSA) is 138 Å². The molecule has 1 N–H and O–H groups in total. The van der Waals surface area contributed by atoms with Crippen molar-refractivity contribution in [1.82, 2.24) is 9.99 Å². The lowest BCUT2D eigenvalue weighted by Crippen LogP contribution is -2.51. The van der Waals surface area contributed by atoms with Crippen molar-refractivity contribution in [1.29, 1.82) is 5.26 Å². The molecular formula is C25H46N3O9P. The molecule has 0 aromatic rings. The number of nitrogens with zero attached hydrogens (tertiary/aromatic N) is 2. The highest BCUT2D eigenvalue weighted by atomic mass is 31.2. The molecule has 1 aliphatic rings. The average molecular weight is 564 g/mol. The largest absolute Gasteiger partial charge is 0.463 e. The van der Waals surface area contributed by atoms with Gasteiger partial charge >= 0.3 is 5.97 Å². The third kappa shape index (κ3) is 15.2. The second-order valence-electron chi connectivity index (χ2n) is 9.29. The zero-order chi connectivity index (χ0) is 28.3. The number of nitriles is 1. The molecule has 13 heteroatoms. The zero-order valence-electron chi connectivity index (χ0n) is 23.7. The van der Waals surface area contributed by atoms with E-state index in [9.17, 15) is 9.59 Å². The molecule has 0 spiro atoms. The van der Waals surface area contributed by atoms with E-state index in [2.05, 4.69) is 43.8 Å². The molecule has 0 bridgehead atoms. The molecule has 38 heavy (non-hydrogen) atoms. The molecule has 0 saturated carbocycles. The molecule has 0 radical (unpaired) electrons. The molecule has 1 rings (SSSR count). The van der Waals surface area contributed by atoms with Gasteiger partial charge in [0, 0.05) is 25.9 Å². The first-order valence-corrected chi connectivity index (χ1v) is 14.3. The minimum absolute atomic E-state index is 0.153. The summed E-state index contributed by atoms with van der Waals surface area (Å²) in [6.07, 6.45) is 0.698. The van der Waals surface area contributed by atoms with Crippen molar-refractivity contribution in [3.8, 4) is 6.07 Å². The number of ether oxygens (including phenoxy) is 5. The third-order valence-corrected chi connectivity index (χ3v) is 7.40. The fourth-order valence-electron chi connectivity index (χ4n) is 3.78. The number of amides is 1. The van der Waals surface area contributed by atoms with E-state index >= 15 is 0 Å². The SMILES string of the molecule is CC(=O)N[C@@H]1CC[C@H](COC(C)=O)O[C@H]1OCCOCCOCCOP(OCCC#N)N(C(C)C)C(C)C.